The lowest BCUT2D eigenvalue weighted by molar-refractivity contribution is -0.161. The highest BCUT2D eigenvalue weighted by atomic mass is 31.2. The first-order valence-electron chi connectivity index (χ1n) is 42.3. The molecule has 0 radical (unpaired) electrons. The number of esters is 4. The highest BCUT2D eigenvalue weighted by Gasteiger charge is 2.30. The Balaban J connectivity index is 5.15. The summed E-state index contributed by atoms with van der Waals surface area (Å²) in [5.74, 6) is -2.11. The molecule has 594 valence electrons. The predicted molar refractivity (Wildman–Crippen MR) is 409 cm³/mol. The molecule has 0 aliphatic heterocycles. The number of aliphatic hydroxyl groups excluding tert-OH is 1. The smallest absolute Gasteiger partial charge is 0.462 e. The van der Waals surface area contributed by atoms with E-state index in [-0.39, 0.29) is 25.7 Å². The van der Waals surface area contributed by atoms with Gasteiger partial charge in [0.2, 0.25) is 0 Å². The van der Waals surface area contributed by atoms with E-state index in [9.17, 15) is 43.2 Å². The van der Waals surface area contributed by atoms with Gasteiger partial charge in [0.05, 0.1) is 26.4 Å². The van der Waals surface area contributed by atoms with Crippen LogP contribution >= 0.6 is 15.6 Å². The van der Waals surface area contributed by atoms with E-state index in [1.54, 1.807) is 0 Å². The van der Waals surface area contributed by atoms with Crippen molar-refractivity contribution in [1.82, 2.24) is 0 Å². The average Bonchev–Trinajstić information content (AvgIpc) is 1.08. The van der Waals surface area contributed by atoms with Crippen molar-refractivity contribution in [2.75, 3.05) is 39.6 Å². The number of hydrogen-bond acceptors (Lipinski definition) is 15. The number of phosphoric acid groups is 2. The van der Waals surface area contributed by atoms with Crippen LogP contribution in [-0.4, -0.2) is 96.7 Å². The number of unbranched alkanes of at least 4 members (excludes halogenated alkanes) is 56. The van der Waals surface area contributed by atoms with Crippen molar-refractivity contribution in [3.8, 4) is 0 Å². The second-order valence-electron chi connectivity index (χ2n) is 29.2. The summed E-state index contributed by atoms with van der Waals surface area (Å²) in [7, 11) is -9.91. The van der Waals surface area contributed by atoms with Crippen molar-refractivity contribution in [2.24, 2.45) is 0 Å². The number of carbonyl (C=O) groups excluding carboxylic acids is 4. The standard InChI is InChI=1S/C81H158O17P2/c1-5-9-13-17-21-24-27-30-32-34-36-38-40-42-44-46-49-52-56-60-64-68-81(86)98-77(72-92-79(84)66-62-58-54-50-48-45-43-41-39-37-35-33-31-28-25-22-18-14-10-6-2)74-96-100(89,90)94-70-75(82)69-93-99(87,88)95-73-76(71-91-78(83)65-61-57-53-20-16-12-8-4)97-80(85)67-63-59-55-51-47-29-26-23-19-15-11-7-3/h75-77,82H,5-74H2,1-4H3,(H,87,88)(H,89,90)/t75-,76+,77+/m0/s1. The largest absolute Gasteiger partial charge is 0.472 e. The van der Waals surface area contributed by atoms with Crippen LogP contribution in [0.4, 0.5) is 0 Å². The van der Waals surface area contributed by atoms with E-state index in [0.29, 0.717) is 25.7 Å². The van der Waals surface area contributed by atoms with Crippen LogP contribution in [0, 0.1) is 0 Å². The zero-order chi connectivity index (χ0) is 73.2. The van der Waals surface area contributed by atoms with Crippen LogP contribution in [0.15, 0.2) is 0 Å². The zero-order valence-electron chi connectivity index (χ0n) is 65.2. The van der Waals surface area contributed by atoms with Gasteiger partial charge in [-0.1, -0.05) is 387 Å². The number of phosphoric ester groups is 2. The van der Waals surface area contributed by atoms with Crippen LogP contribution < -0.4 is 0 Å². The highest BCUT2D eigenvalue weighted by Crippen LogP contribution is 2.45. The summed E-state index contributed by atoms with van der Waals surface area (Å²) in [6.07, 6.45) is 68.3. The first kappa shape index (κ1) is 98.1. The molecular weight excluding hydrogens is 1310 g/mol. The molecule has 0 saturated heterocycles. The minimum Gasteiger partial charge on any atom is -0.462 e. The minimum atomic E-state index is -4.96. The van der Waals surface area contributed by atoms with E-state index in [1.165, 1.54) is 257 Å². The van der Waals surface area contributed by atoms with Crippen molar-refractivity contribution >= 4 is 39.5 Å². The van der Waals surface area contributed by atoms with Gasteiger partial charge in [-0.05, 0) is 25.7 Å². The molecule has 0 aliphatic rings. The van der Waals surface area contributed by atoms with Crippen LogP contribution in [0.3, 0.4) is 0 Å². The maximum atomic E-state index is 13.1. The molecule has 0 aromatic heterocycles. The molecule has 0 rings (SSSR count). The van der Waals surface area contributed by atoms with Gasteiger partial charge in [-0.2, -0.15) is 0 Å². The van der Waals surface area contributed by atoms with Gasteiger partial charge in [0, 0.05) is 25.7 Å². The second-order valence-corrected chi connectivity index (χ2v) is 32.1. The second kappa shape index (κ2) is 75.3. The van der Waals surface area contributed by atoms with Crippen LogP contribution in [0.1, 0.15) is 439 Å². The molecule has 19 heteroatoms. The van der Waals surface area contributed by atoms with E-state index < -0.39 is 97.5 Å². The lowest BCUT2D eigenvalue weighted by atomic mass is 10.0. The minimum absolute atomic E-state index is 0.108. The molecule has 0 aromatic rings. The van der Waals surface area contributed by atoms with Crippen molar-refractivity contribution < 1.29 is 80.2 Å². The predicted octanol–water partition coefficient (Wildman–Crippen LogP) is 24.6. The van der Waals surface area contributed by atoms with Gasteiger partial charge in [-0.25, -0.2) is 9.13 Å². The number of rotatable bonds is 82. The lowest BCUT2D eigenvalue weighted by Crippen LogP contribution is -2.30. The molecule has 0 bridgehead atoms. The summed E-state index contributed by atoms with van der Waals surface area (Å²) in [5.41, 5.74) is 0. The maximum Gasteiger partial charge on any atom is 0.472 e. The molecule has 17 nitrogen and oxygen atoms in total. The molecular formula is C81H158O17P2. The lowest BCUT2D eigenvalue weighted by Gasteiger charge is -2.21. The summed E-state index contributed by atoms with van der Waals surface area (Å²) in [6, 6.07) is 0. The van der Waals surface area contributed by atoms with Gasteiger partial charge >= 0.3 is 39.5 Å². The normalized spacial score (nSPS) is 13.8. The third-order valence-corrected chi connectivity index (χ3v) is 21.0. The molecule has 2 unspecified atom stereocenters. The van der Waals surface area contributed by atoms with Crippen LogP contribution in [-0.2, 0) is 65.4 Å². The van der Waals surface area contributed by atoms with Gasteiger partial charge in [0.15, 0.2) is 12.2 Å². The van der Waals surface area contributed by atoms with Crippen molar-refractivity contribution in [1.29, 1.82) is 0 Å². The molecule has 0 amide bonds. The van der Waals surface area contributed by atoms with Crippen molar-refractivity contribution in [3.05, 3.63) is 0 Å². The van der Waals surface area contributed by atoms with Crippen molar-refractivity contribution in [2.45, 2.75) is 457 Å². The number of hydrogen-bond donors (Lipinski definition) is 3. The Morgan fingerprint density at radius 3 is 0.590 bits per heavy atom. The topological polar surface area (TPSA) is 237 Å². The summed E-state index contributed by atoms with van der Waals surface area (Å²) in [4.78, 5) is 72.8. The molecule has 0 saturated carbocycles. The van der Waals surface area contributed by atoms with Gasteiger partial charge in [0.25, 0.3) is 0 Å². The Labute approximate surface area is 613 Å². The van der Waals surface area contributed by atoms with Crippen LogP contribution in [0.25, 0.3) is 0 Å². The summed E-state index contributed by atoms with van der Waals surface area (Å²) in [6.45, 7) is 4.97. The third kappa shape index (κ3) is 74.3. The summed E-state index contributed by atoms with van der Waals surface area (Å²) < 4.78 is 68.6. The molecule has 5 atom stereocenters. The molecule has 0 fully saturated rings. The average molecular weight is 1470 g/mol. The van der Waals surface area contributed by atoms with Crippen molar-refractivity contribution in [3.63, 3.8) is 0 Å². The van der Waals surface area contributed by atoms with E-state index in [0.717, 1.165) is 103 Å². The van der Waals surface area contributed by atoms with Crippen LogP contribution in [0.2, 0.25) is 0 Å². The van der Waals surface area contributed by atoms with Gasteiger partial charge in [-0.3, -0.25) is 37.3 Å². The molecule has 0 aromatic carbocycles. The van der Waals surface area contributed by atoms with E-state index in [2.05, 4.69) is 27.7 Å². The fourth-order valence-electron chi connectivity index (χ4n) is 12.6. The number of ether oxygens (including phenoxy) is 4. The SMILES string of the molecule is CCCCCCCCCCCCCCCCCCCCCCCC(=O)O[C@H](COC(=O)CCCCCCCCCCCCCCCCCCCCCC)COP(=O)(O)OC[C@@H](O)COP(=O)(O)OC[C@@H](COC(=O)CCCCCCCCC)OC(=O)CCCCCCCCCCCCCC. The summed E-state index contributed by atoms with van der Waals surface area (Å²) in [5, 5.41) is 10.6. The maximum absolute atomic E-state index is 13.1. The van der Waals surface area contributed by atoms with Gasteiger partial charge < -0.3 is 33.8 Å². The fraction of sp³-hybridized carbons (Fsp3) is 0.951. The number of carbonyl (C=O) groups is 4. The Morgan fingerprint density at radius 2 is 0.400 bits per heavy atom. The Hall–Kier alpha value is -1.94. The van der Waals surface area contributed by atoms with E-state index in [4.69, 9.17) is 37.0 Å². The third-order valence-electron chi connectivity index (χ3n) is 19.1. The summed E-state index contributed by atoms with van der Waals surface area (Å²) >= 11 is 0. The van der Waals surface area contributed by atoms with E-state index >= 15 is 0 Å². The first-order chi connectivity index (χ1) is 48.7. The Kier molecular flexibility index (Phi) is 73.8. The molecule has 3 N–H and O–H groups in total. The first-order valence-corrected chi connectivity index (χ1v) is 45.3. The molecule has 0 spiro atoms. The van der Waals surface area contributed by atoms with Gasteiger partial charge in [0.1, 0.15) is 19.3 Å². The molecule has 100 heavy (non-hydrogen) atoms. The quantitative estimate of drug-likeness (QED) is 0.0222. The van der Waals surface area contributed by atoms with Gasteiger partial charge in [-0.15, -0.1) is 0 Å². The molecule has 0 heterocycles. The number of aliphatic hydroxyl groups is 1. The van der Waals surface area contributed by atoms with Crippen LogP contribution in [0.5, 0.6) is 0 Å². The Bertz CT molecular complexity index is 1890. The highest BCUT2D eigenvalue weighted by molar-refractivity contribution is 7.47. The zero-order valence-corrected chi connectivity index (χ0v) is 67.0. The fourth-order valence-corrected chi connectivity index (χ4v) is 14.2. The monoisotopic (exact) mass is 1470 g/mol. The molecule has 0 aliphatic carbocycles. The van der Waals surface area contributed by atoms with E-state index in [1.807, 2.05) is 0 Å². The Morgan fingerprint density at radius 1 is 0.240 bits per heavy atom.